The number of carbonyl (C=O) groups excluding carboxylic acids is 1. The fourth-order valence-corrected chi connectivity index (χ4v) is 4.41. The third-order valence-electron chi connectivity index (χ3n) is 4.20. The second-order valence-corrected chi connectivity index (χ2v) is 7.97. The van der Waals surface area contributed by atoms with Gasteiger partial charge < -0.3 is 14.8 Å². The van der Waals surface area contributed by atoms with Crippen LogP contribution in [0.4, 0.5) is 10.2 Å². The summed E-state index contributed by atoms with van der Waals surface area (Å²) < 4.78 is 51.3. The lowest BCUT2D eigenvalue weighted by Crippen LogP contribution is -2.40. The predicted molar refractivity (Wildman–Crippen MR) is 99.1 cm³/mol. The Kier molecular flexibility index (Phi) is 6.22. The number of methoxy groups -OCH3 is 1. The van der Waals surface area contributed by atoms with E-state index in [0.717, 1.165) is 0 Å². The maximum absolute atomic E-state index is 13.6. The molecule has 1 aromatic carbocycles. The first-order chi connectivity index (χ1) is 13.4. The molecule has 1 aliphatic rings. The highest BCUT2D eigenvalue weighted by Crippen LogP contribution is 2.28. The number of amides is 1. The van der Waals surface area contributed by atoms with Crippen molar-refractivity contribution in [2.75, 3.05) is 38.7 Å². The van der Waals surface area contributed by atoms with Crippen molar-refractivity contribution in [2.45, 2.75) is 11.3 Å². The number of halogens is 1. The zero-order valence-corrected chi connectivity index (χ0v) is 16.0. The van der Waals surface area contributed by atoms with Gasteiger partial charge in [0.1, 0.15) is 10.6 Å². The Morgan fingerprint density at radius 1 is 1.32 bits per heavy atom. The molecule has 3 rings (SSSR count). The number of nitrogens with zero attached hydrogens (tertiary/aromatic N) is 2. The summed E-state index contributed by atoms with van der Waals surface area (Å²) in [4.78, 5) is 16.0. The van der Waals surface area contributed by atoms with Crippen molar-refractivity contribution in [2.24, 2.45) is 0 Å². The molecule has 0 spiro atoms. The number of ether oxygens (including phenoxy) is 2. The molecule has 0 radical (unpaired) electrons. The van der Waals surface area contributed by atoms with Crippen LogP contribution in [0.15, 0.2) is 41.4 Å². The number of anilines is 1. The molecule has 0 atom stereocenters. The van der Waals surface area contributed by atoms with Gasteiger partial charge in [0.25, 0.3) is 0 Å². The molecule has 0 aliphatic carbocycles. The second-order valence-electron chi connectivity index (χ2n) is 6.06. The van der Waals surface area contributed by atoms with Gasteiger partial charge in [-0.25, -0.2) is 17.8 Å². The Labute approximate surface area is 162 Å². The zero-order valence-electron chi connectivity index (χ0n) is 15.2. The maximum atomic E-state index is 13.6. The highest BCUT2D eigenvalue weighted by Gasteiger charge is 2.29. The quantitative estimate of drug-likeness (QED) is 0.775. The summed E-state index contributed by atoms with van der Waals surface area (Å²) in [6.07, 6.45) is 1.21. The standard InChI is InChI=1S/C18H20FN3O5S/c1-26-15-5-4-13(12-17(23)21-18-14(19)3-2-6-20-18)11-16(15)28(24,25)22-7-9-27-10-8-22/h2-6,11H,7-10,12H2,1H3,(H,20,21,23). The van der Waals surface area contributed by atoms with Crippen LogP contribution in [0.3, 0.4) is 0 Å². The second kappa shape index (κ2) is 8.63. The van der Waals surface area contributed by atoms with Gasteiger partial charge in [-0.1, -0.05) is 6.07 Å². The number of sulfonamides is 1. The average molecular weight is 409 g/mol. The number of morpholine rings is 1. The van der Waals surface area contributed by atoms with E-state index in [4.69, 9.17) is 9.47 Å². The molecule has 1 aliphatic heterocycles. The molecule has 10 heteroatoms. The van der Waals surface area contributed by atoms with Crippen LogP contribution in [-0.4, -0.2) is 57.0 Å². The summed E-state index contributed by atoms with van der Waals surface area (Å²) in [6, 6.07) is 7.08. The number of hydrogen-bond donors (Lipinski definition) is 1. The summed E-state index contributed by atoms with van der Waals surface area (Å²) in [5, 5.41) is 2.38. The maximum Gasteiger partial charge on any atom is 0.246 e. The van der Waals surface area contributed by atoms with Gasteiger partial charge in [-0.05, 0) is 29.8 Å². The van der Waals surface area contributed by atoms with Gasteiger partial charge in [0.05, 0.1) is 26.7 Å². The SMILES string of the molecule is COc1ccc(CC(=O)Nc2ncccc2F)cc1S(=O)(=O)N1CCOCC1. The largest absolute Gasteiger partial charge is 0.495 e. The van der Waals surface area contributed by atoms with E-state index in [1.807, 2.05) is 0 Å². The molecule has 150 valence electrons. The topological polar surface area (TPSA) is 97.8 Å². The van der Waals surface area contributed by atoms with Gasteiger partial charge >= 0.3 is 0 Å². The van der Waals surface area contributed by atoms with Crippen molar-refractivity contribution in [1.82, 2.24) is 9.29 Å². The van der Waals surface area contributed by atoms with Crippen molar-refractivity contribution in [3.63, 3.8) is 0 Å². The molecule has 0 unspecified atom stereocenters. The Bertz CT molecular complexity index is 961. The first-order valence-corrected chi connectivity index (χ1v) is 10.0. The molecule has 28 heavy (non-hydrogen) atoms. The minimum absolute atomic E-state index is 0.0220. The van der Waals surface area contributed by atoms with Crippen LogP contribution in [0.2, 0.25) is 0 Å². The number of benzene rings is 1. The zero-order chi connectivity index (χ0) is 20.1. The Hall–Kier alpha value is -2.56. The van der Waals surface area contributed by atoms with Gasteiger partial charge in [-0.3, -0.25) is 4.79 Å². The molecule has 2 aromatic rings. The normalized spacial score (nSPS) is 15.2. The van der Waals surface area contributed by atoms with E-state index in [2.05, 4.69) is 10.3 Å². The summed E-state index contributed by atoms with van der Waals surface area (Å²) in [5.41, 5.74) is 0.446. The number of pyridine rings is 1. The third kappa shape index (κ3) is 4.46. The average Bonchev–Trinajstić information content (AvgIpc) is 2.70. The summed E-state index contributed by atoms with van der Waals surface area (Å²) in [6.45, 7) is 1.13. The number of aromatic nitrogens is 1. The highest BCUT2D eigenvalue weighted by molar-refractivity contribution is 7.89. The Morgan fingerprint density at radius 3 is 2.75 bits per heavy atom. The van der Waals surface area contributed by atoms with E-state index in [9.17, 15) is 17.6 Å². The van der Waals surface area contributed by atoms with Gasteiger partial charge in [-0.15, -0.1) is 0 Å². The number of carbonyl (C=O) groups is 1. The fraction of sp³-hybridized carbons (Fsp3) is 0.333. The van der Waals surface area contributed by atoms with Crippen LogP contribution >= 0.6 is 0 Å². The smallest absolute Gasteiger partial charge is 0.246 e. The molecule has 1 N–H and O–H groups in total. The van der Waals surface area contributed by atoms with Crippen molar-refractivity contribution in [3.8, 4) is 5.75 Å². The molecule has 1 aromatic heterocycles. The molecule has 1 fully saturated rings. The lowest BCUT2D eigenvalue weighted by Gasteiger charge is -2.26. The molecule has 1 saturated heterocycles. The van der Waals surface area contributed by atoms with E-state index in [0.29, 0.717) is 18.8 Å². The first kappa shape index (κ1) is 20.2. The number of nitrogens with one attached hydrogen (secondary N) is 1. The lowest BCUT2D eigenvalue weighted by atomic mass is 10.1. The molecule has 1 amide bonds. The van der Waals surface area contributed by atoms with Crippen molar-refractivity contribution in [3.05, 3.63) is 47.9 Å². The minimum Gasteiger partial charge on any atom is -0.495 e. The van der Waals surface area contributed by atoms with Crippen LogP contribution < -0.4 is 10.1 Å². The summed E-state index contributed by atoms with van der Waals surface area (Å²) in [5.74, 6) is -1.16. The molecular weight excluding hydrogens is 389 g/mol. The monoisotopic (exact) mass is 409 g/mol. The van der Waals surface area contributed by atoms with Gasteiger partial charge in [0, 0.05) is 19.3 Å². The van der Waals surface area contributed by atoms with Crippen LogP contribution in [0.25, 0.3) is 0 Å². The summed E-state index contributed by atoms with van der Waals surface area (Å²) >= 11 is 0. The van der Waals surface area contributed by atoms with Crippen molar-refractivity contribution in [1.29, 1.82) is 0 Å². The Balaban J connectivity index is 1.82. The van der Waals surface area contributed by atoms with Gasteiger partial charge in [0.2, 0.25) is 15.9 Å². The minimum atomic E-state index is -3.80. The number of hydrogen-bond acceptors (Lipinski definition) is 6. The van der Waals surface area contributed by atoms with E-state index in [1.165, 1.54) is 41.9 Å². The molecule has 0 bridgehead atoms. The lowest BCUT2D eigenvalue weighted by molar-refractivity contribution is -0.115. The van der Waals surface area contributed by atoms with Gasteiger partial charge in [0.15, 0.2) is 11.6 Å². The highest BCUT2D eigenvalue weighted by atomic mass is 32.2. The molecule has 2 heterocycles. The molecule has 8 nitrogen and oxygen atoms in total. The van der Waals surface area contributed by atoms with Crippen LogP contribution in [0, 0.1) is 5.82 Å². The number of rotatable bonds is 6. The fourth-order valence-electron chi connectivity index (χ4n) is 2.80. The van der Waals surface area contributed by atoms with E-state index >= 15 is 0 Å². The van der Waals surface area contributed by atoms with E-state index < -0.39 is 21.7 Å². The van der Waals surface area contributed by atoms with Crippen molar-refractivity contribution >= 4 is 21.7 Å². The summed E-state index contributed by atoms with van der Waals surface area (Å²) in [7, 11) is -2.43. The van der Waals surface area contributed by atoms with Crippen LogP contribution in [0.5, 0.6) is 5.75 Å². The third-order valence-corrected chi connectivity index (χ3v) is 6.12. The Morgan fingerprint density at radius 2 is 2.07 bits per heavy atom. The van der Waals surface area contributed by atoms with Crippen molar-refractivity contribution < 1.29 is 27.1 Å². The van der Waals surface area contributed by atoms with Crippen LogP contribution in [0.1, 0.15) is 5.56 Å². The molecular formula is C18H20FN3O5S. The van der Waals surface area contributed by atoms with E-state index in [-0.39, 0.29) is 36.0 Å². The van der Waals surface area contributed by atoms with Gasteiger partial charge in [-0.2, -0.15) is 4.31 Å². The van der Waals surface area contributed by atoms with E-state index in [1.54, 1.807) is 6.07 Å². The molecule has 0 saturated carbocycles. The predicted octanol–water partition coefficient (Wildman–Crippen LogP) is 1.43. The van der Waals surface area contributed by atoms with Crippen LogP contribution in [-0.2, 0) is 26.0 Å². The first-order valence-electron chi connectivity index (χ1n) is 8.57.